The van der Waals surface area contributed by atoms with Crippen molar-refractivity contribution in [2.24, 2.45) is 0 Å². The Balaban J connectivity index is 1.69. The molecular formula is C15H16F3N3O2. The van der Waals surface area contributed by atoms with Gasteiger partial charge in [0, 0.05) is 19.1 Å². The first kappa shape index (κ1) is 15.8. The Bertz CT molecular complexity index is 718. The van der Waals surface area contributed by atoms with Gasteiger partial charge in [-0.2, -0.15) is 13.2 Å². The summed E-state index contributed by atoms with van der Waals surface area (Å²) in [5, 5.41) is 1.08. The highest BCUT2D eigenvalue weighted by atomic mass is 19.4. The van der Waals surface area contributed by atoms with Crippen LogP contribution in [0.5, 0.6) is 0 Å². The molecule has 2 aromatic rings. The number of hydroxylamine groups is 2. The van der Waals surface area contributed by atoms with Gasteiger partial charge in [0.1, 0.15) is 5.82 Å². The first-order valence-corrected chi connectivity index (χ1v) is 7.34. The van der Waals surface area contributed by atoms with E-state index in [9.17, 15) is 18.0 Å². The molecule has 2 heterocycles. The zero-order valence-electron chi connectivity index (χ0n) is 12.5. The maximum atomic E-state index is 12.2. The molecule has 1 aliphatic rings. The number of aryl methyl sites for hydroxylation is 1. The first-order valence-electron chi connectivity index (χ1n) is 7.34. The van der Waals surface area contributed by atoms with Crippen molar-refractivity contribution >= 4 is 17.0 Å². The summed E-state index contributed by atoms with van der Waals surface area (Å²) < 4.78 is 38.8. The topological polar surface area (TPSA) is 47.4 Å². The van der Waals surface area contributed by atoms with Gasteiger partial charge in [-0.1, -0.05) is 12.1 Å². The second kappa shape index (κ2) is 5.84. The molecule has 5 nitrogen and oxygen atoms in total. The average Bonchev–Trinajstić information content (AvgIpc) is 2.83. The van der Waals surface area contributed by atoms with Gasteiger partial charge in [-0.15, -0.1) is 5.06 Å². The number of carbonyl (C=O) groups excluding carboxylic acids is 1. The number of halogens is 3. The monoisotopic (exact) mass is 327 g/mol. The van der Waals surface area contributed by atoms with Crippen molar-refractivity contribution in [1.82, 2.24) is 14.6 Å². The summed E-state index contributed by atoms with van der Waals surface area (Å²) >= 11 is 0. The van der Waals surface area contributed by atoms with Crippen LogP contribution in [0.3, 0.4) is 0 Å². The number of aromatic nitrogens is 2. The molecule has 0 spiro atoms. The third-order valence-corrected chi connectivity index (χ3v) is 4.00. The van der Waals surface area contributed by atoms with Crippen LogP contribution in [0.4, 0.5) is 13.2 Å². The number of carbonyl (C=O) groups is 1. The highest BCUT2D eigenvalue weighted by Gasteiger charge is 2.43. The molecule has 0 saturated carbocycles. The van der Waals surface area contributed by atoms with Crippen LogP contribution < -0.4 is 0 Å². The van der Waals surface area contributed by atoms with Crippen molar-refractivity contribution < 1.29 is 22.8 Å². The molecule has 1 aromatic carbocycles. The van der Waals surface area contributed by atoms with Gasteiger partial charge in [-0.3, -0.25) is 0 Å². The predicted octanol–water partition coefficient (Wildman–Crippen LogP) is 3.00. The van der Waals surface area contributed by atoms with Crippen molar-refractivity contribution in [3.05, 3.63) is 30.1 Å². The van der Waals surface area contributed by atoms with Gasteiger partial charge in [0.25, 0.3) is 0 Å². The zero-order valence-corrected chi connectivity index (χ0v) is 12.5. The fourth-order valence-corrected chi connectivity index (χ4v) is 2.99. The second-order valence-electron chi connectivity index (χ2n) is 5.55. The van der Waals surface area contributed by atoms with Gasteiger partial charge in [-0.25, -0.2) is 9.78 Å². The molecule has 1 aliphatic heterocycles. The summed E-state index contributed by atoms with van der Waals surface area (Å²) in [7, 11) is 0. The molecule has 8 heteroatoms. The number of piperidine rings is 1. The number of imidazole rings is 1. The van der Waals surface area contributed by atoms with Crippen LogP contribution in [0.15, 0.2) is 24.3 Å². The molecule has 1 saturated heterocycles. The smallest absolute Gasteiger partial charge is 0.361 e. The van der Waals surface area contributed by atoms with Crippen molar-refractivity contribution in [1.29, 1.82) is 0 Å². The number of para-hydroxylation sites is 2. The van der Waals surface area contributed by atoms with E-state index in [0.29, 0.717) is 12.8 Å². The van der Waals surface area contributed by atoms with Crippen molar-refractivity contribution in [2.75, 3.05) is 13.1 Å². The molecule has 0 radical (unpaired) electrons. The Morgan fingerprint density at radius 3 is 2.57 bits per heavy atom. The van der Waals surface area contributed by atoms with Crippen LogP contribution in [-0.4, -0.2) is 39.8 Å². The van der Waals surface area contributed by atoms with E-state index in [-0.39, 0.29) is 19.1 Å². The minimum Gasteiger partial charge on any atom is -0.361 e. The quantitative estimate of drug-likeness (QED) is 0.851. The number of nitrogens with zero attached hydrogens (tertiary/aromatic N) is 3. The minimum atomic E-state index is -4.96. The maximum absolute atomic E-state index is 12.2. The number of benzene rings is 1. The lowest BCUT2D eigenvalue weighted by atomic mass is 10.1. The Hall–Kier alpha value is -2.09. The second-order valence-corrected chi connectivity index (χ2v) is 5.55. The largest absolute Gasteiger partial charge is 0.492 e. The van der Waals surface area contributed by atoms with E-state index in [1.54, 1.807) is 0 Å². The molecular weight excluding hydrogens is 311 g/mol. The van der Waals surface area contributed by atoms with Crippen molar-refractivity contribution in [3.63, 3.8) is 0 Å². The molecule has 0 atom stereocenters. The number of rotatable bonds is 2. The third kappa shape index (κ3) is 3.17. The molecule has 0 aliphatic carbocycles. The van der Waals surface area contributed by atoms with Gasteiger partial charge in [-0.05, 0) is 31.9 Å². The van der Waals surface area contributed by atoms with Crippen LogP contribution in [0.2, 0.25) is 0 Å². The molecule has 1 fully saturated rings. The summed E-state index contributed by atoms with van der Waals surface area (Å²) in [6.07, 6.45) is -3.79. The average molecular weight is 327 g/mol. The Morgan fingerprint density at radius 1 is 1.26 bits per heavy atom. The molecule has 124 valence electrons. The Kier molecular flexibility index (Phi) is 4.01. The lowest BCUT2D eigenvalue weighted by Gasteiger charge is -2.32. The normalized spacial score (nSPS) is 17.6. The van der Waals surface area contributed by atoms with E-state index in [4.69, 9.17) is 0 Å². The summed E-state index contributed by atoms with van der Waals surface area (Å²) in [4.78, 5) is 19.8. The highest BCUT2D eigenvalue weighted by molar-refractivity contribution is 5.76. The van der Waals surface area contributed by atoms with Crippen molar-refractivity contribution in [3.8, 4) is 0 Å². The molecule has 0 bridgehead atoms. The maximum Gasteiger partial charge on any atom is 0.492 e. The molecule has 1 aromatic heterocycles. The summed E-state index contributed by atoms with van der Waals surface area (Å²) in [6, 6.07) is 7.88. The van der Waals surface area contributed by atoms with Crippen LogP contribution >= 0.6 is 0 Å². The number of hydrogen-bond acceptors (Lipinski definition) is 4. The van der Waals surface area contributed by atoms with E-state index in [0.717, 1.165) is 21.9 Å². The highest BCUT2D eigenvalue weighted by Crippen LogP contribution is 2.29. The van der Waals surface area contributed by atoms with Crippen molar-refractivity contribution in [2.45, 2.75) is 32.0 Å². The number of alkyl halides is 3. The minimum absolute atomic E-state index is 0.128. The molecule has 0 unspecified atom stereocenters. The Labute approximate surface area is 130 Å². The summed E-state index contributed by atoms with van der Waals surface area (Å²) in [6.45, 7) is 2.44. The number of fused-ring (bicyclic) bond motifs is 1. The third-order valence-electron chi connectivity index (χ3n) is 4.00. The van der Waals surface area contributed by atoms with Gasteiger partial charge in [0.15, 0.2) is 0 Å². The first-order chi connectivity index (χ1) is 10.9. The fraction of sp³-hybridized carbons (Fsp3) is 0.467. The van der Waals surface area contributed by atoms with E-state index in [2.05, 4.69) is 14.4 Å². The predicted molar refractivity (Wildman–Crippen MR) is 76.5 cm³/mol. The standard InChI is InChI=1S/C15H16F3N3O2/c1-10-19-12-4-2-3-5-13(12)21(10)11-6-8-20(9-7-11)23-14(22)15(16,17)18/h2-5,11H,6-9H2,1H3. The van der Waals surface area contributed by atoms with E-state index < -0.39 is 12.1 Å². The Morgan fingerprint density at radius 2 is 1.91 bits per heavy atom. The van der Waals surface area contributed by atoms with Crippen LogP contribution in [-0.2, 0) is 9.63 Å². The van der Waals surface area contributed by atoms with Gasteiger partial charge in [0.2, 0.25) is 0 Å². The van der Waals surface area contributed by atoms with E-state index in [1.807, 2.05) is 31.2 Å². The molecule has 3 rings (SSSR count). The zero-order chi connectivity index (χ0) is 16.6. The SMILES string of the molecule is Cc1nc2ccccc2n1C1CCN(OC(=O)C(F)(F)F)CC1. The van der Waals surface area contributed by atoms with Crippen LogP contribution in [0.1, 0.15) is 24.7 Å². The number of hydrogen-bond donors (Lipinski definition) is 0. The molecule has 0 N–H and O–H groups in total. The molecule has 0 amide bonds. The lowest BCUT2D eigenvalue weighted by Crippen LogP contribution is -2.40. The summed E-state index contributed by atoms with van der Waals surface area (Å²) in [5.41, 5.74) is 1.91. The lowest BCUT2D eigenvalue weighted by molar-refractivity contribution is -0.242. The van der Waals surface area contributed by atoms with Crippen LogP contribution in [0.25, 0.3) is 11.0 Å². The molecule has 23 heavy (non-hydrogen) atoms. The summed E-state index contributed by atoms with van der Waals surface area (Å²) in [5.74, 6) is -1.29. The van der Waals surface area contributed by atoms with Gasteiger partial charge in [0.05, 0.1) is 11.0 Å². The fourth-order valence-electron chi connectivity index (χ4n) is 2.99. The van der Waals surface area contributed by atoms with E-state index in [1.165, 1.54) is 0 Å². The van der Waals surface area contributed by atoms with E-state index >= 15 is 0 Å². The van der Waals surface area contributed by atoms with Gasteiger partial charge < -0.3 is 9.40 Å². The van der Waals surface area contributed by atoms with Gasteiger partial charge >= 0.3 is 12.1 Å². The van der Waals surface area contributed by atoms with Crippen LogP contribution in [0, 0.1) is 6.92 Å².